The third-order valence-corrected chi connectivity index (χ3v) is 3.09. The lowest BCUT2D eigenvalue weighted by Gasteiger charge is -2.05. The first-order valence-corrected chi connectivity index (χ1v) is 7.46. The van der Waals surface area contributed by atoms with E-state index < -0.39 is 21.7 Å². The first-order valence-electron chi connectivity index (χ1n) is 5.40. The molecule has 0 fully saturated rings. The van der Waals surface area contributed by atoms with Gasteiger partial charge in [-0.15, -0.1) is 0 Å². The number of carboxylic acids is 1. The third kappa shape index (κ3) is 6.51. The molecule has 0 bridgehead atoms. The molecule has 0 aliphatic carbocycles. The molecule has 8 heteroatoms. The molecule has 7 nitrogen and oxygen atoms in total. The fourth-order valence-corrected chi connectivity index (χ4v) is 1.82. The summed E-state index contributed by atoms with van der Waals surface area (Å²) in [5.74, 6) is -1.64. The molecule has 104 valence electrons. The zero-order valence-electron chi connectivity index (χ0n) is 10.3. The van der Waals surface area contributed by atoms with Crippen molar-refractivity contribution < 1.29 is 23.1 Å². The minimum Gasteiger partial charge on any atom is -0.481 e. The van der Waals surface area contributed by atoms with Crippen LogP contribution in [0, 0.1) is 0 Å². The summed E-state index contributed by atoms with van der Waals surface area (Å²) in [6.45, 7) is 0. The van der Waals surface area contributed by atoms with Crippen LogP contribution < -0.4 is 5.32 Å². The number of carboxylic acid groups (broad SMARTS) is 1. The molecule has 19 heavy (non-hydrogen) atoms. The Morgan fingerprint density at radius 2 is 2.05 bits per heavy atom. The summed E-state index contributed by atoms with van der Waals surface area (Å²) < 4.78 is 21.8. The topological polar surface area (TPSA) is 113 Å². The van der Waals surface area contributed by atoms with Gasteiger partial charge in [0.25, 0.3) is 0 Å². The lowest BCUT2D eigenvalue weighted by molar-refractivity contribution is -0.136. The molecule has 1 rings (SSSR count). The molecule has 2 N–H and O–H groups in total. The van der Waals surface area contributed by atoms with E-state index in [0.717, 1.165) is 6.26 Å². The van der Waals surface area contributed by atoms with Crippen LogP contribution in [0.15, 0.2) is 18.3 Å². The van der Waals surface area contributed by atoms with Gasteiger partial charge in [0.05, 0.1) is 29.8 Å². The maximum Gasteiger partial charge on any atom is 0.309 e. The number of pyridine rings is 1. The van der Waals surface area contributed by atoms with Crippen LogP contribution in [0.1, 0.15) is 12.1 Å². The van der Waals surface area contributed by atoms with Crippen molar-refractivity contribution in [2.24, 2.45) is 0 Å². The maximum atomic E-state index is 11.4. The molecule has 1 aromatic rings. The molecule has 0 aliphatic rings. The van der Waals surface area contributed by atoms with E-state index in [9.17, 15) is 18.0 Å². The number of aliphatic carboxylic acids is 1. The summed E-state index contributed by atoms with van der Waals surface area (Å²) >= 11 is 0. The normalized spacial score (nSPS) is 11.0. The van der Waals surface area contributed by atoms with Gasteiger partial charge in [-0.25, -0.2) is 8.42 Å². The molecule has 0 saturated heterocycles. The fourth-order valence-electron chi connectivity index (χ4n) is 1.26. The largest absolute Gasteiger partial charge is 0.481 e. The van der Waals surface area contributed by atoms with Gasteiger partial charge in [-0.3, -0.25) is 14.6 Å². The van der Waals surface area contributed by atoms with Crippen molar-refractivity contribution in [1.82, 2.24) is 4.98 Å². The first-order chi connectivity index (χ1) is 8.76. The van der Waals surface area contributed by atoms with Gasteiger partial charge in [0.2, 0.25) is 5.91 Å². The van der Waals surface area contributed by atoms with E-state index in [1.54, 1.807) is 0 Å². The van der Waals surface area contributed by atoms with E-state index in [1.807, 2.05) is 0 Å². The number of aromatic nitrogens is 1. The Labute approximate surface area is 110 Å². The predicted molar refractivity (Wildman–Crippen MR) is 68.5 cm³/mol. The Morgan fingerprint density at radius 1 is 1.37 bits per heavy atom. The number of sulfone groups is 1. The smallest absolute Gasteiger partial charge is 0.309 e. The van der Waals surface area contributed by atoms with Gasteiger partial charge in [-0.1, -0.05) is 0 Å². The minimum absolute atomic E-state index is 0.129. The van der Waals surface area contributed by atoms with Crippen LogP contribution in [0.25, 0.3) is 0 Å². The fraction of sp³-hybridized carbons (Fsp3) is 0.364. The number of amides is 1. The zero-order valence-corrected chi connectivity index (χ0v) is 11.1. The number of rotatable bonds is 6. The quantitative estimate of drug-likeness (QED) is 0.765. The lowest BCUT2D eigenvalue weighted by Crippen LogP contribution is -2.16. The number of carbonyl (C=O) groups is 2. The van der Waals surface area contributed by atoms with E-state index in [-0.39, 0.29) is 18.6 Å². The van der Waals surface area contributed by atoms with E-state index in [0.29, 0.717) is 11.4 Å². The Kier molecular flexibility index (Phi) is 4.99. The van der Waals surface area contributed by atoms with Crippen molar-refractivity contribution in [3.8, 4) is 0 Å². The Hall–Kier alpha value is -1.96. The van der Waals surface area contributed by atoms with Gasteiger partial charge in [-0.2, -0.15) is 0 Å². The number of hydrogen-bond donors (Lipinski definition) is 2. The highest BCUT2D eigenvalue weighted by Gasteiger charge is 2.08. The van der Waals surface area contributed by atoms with Crippen molar-refractivity contribution in [1.29, 1.82) is 0 Å². The van der Waals surface area contributed by atoms with E-state index in [1.165, 1.54) is 18.3 Å². The van der Waals surface area contributed by atoms with Crippen molar-refractivity contribution in [3.63, 3.8) is 0 Å². The van der Waals surface area contributed by atoms with Gasteiger partial charge in [0.1, 0.15) is 9.84 Å². The molecule has 0 aromatic carbocycles. The Balaban J connectivity index is 2.53. The Morgan fingerprint density at radius 3 is 2.53 bits per heavy atom. The number of carbonyl (C=O) groups excluding carboxylic acids is 1. The highest BCUT2D eigenvalue weighted by Crippen LogP contribution is 2.07. The molecule has 0 spiro atoms. The molecular formula is C11H14N2O5S. The van der Waals surface area contributed by atoms with Crippen molar-refractivity contribution in [3.05, 3.63) is 24.0 Å². The van der Waals surface area contributed by atoms with E-state index in [2.05, 4.69) is 10.3 Å². The van der Waals surface area contributed by atoms with Crippen LogP contribution in [0.2, 0.25) is 0 Å². The molecule has 0 aliphatic heterocycles. The van der Waals surface area contributed by atoms with Crippen LogP contribution in [-0.4, -0.2) is 42.4 Å². The summed E-state index contributed by atoms with van der Waals surface area (Å²) in [6, 6.07) is 3.00. The van der Waals surface area contributed by atoms with Gasteiger partial charge < -0.3 is 10.4 Å². The van der Waals surface area contributed by atoms with Crippen LogP contribution in [0.4, 0.5) is 5.69 Å². The lowest BCUT2D eigenvalue weighted by atomic mass is 10.2. The zero-order chi connectivity index (χ0) is 14.5. The second kappa shape index (κ2) is 6.28. The van der Waals surface area contributed by atoms with Gasteiger partial charge in [0.15, 0.2) is 0 Å². The van der Waals surface area contributed by atoms with Crippen LogP contribution in [0.5, 0.6) is 0 Å². The van der Waals surface area contributed by atoms with E-state index in [4.69, 9.17) is 5.11 Å². The van der Waals surface area contributed by atoms with Crippen molar-refractivity contribution in [2.75, 3.05) is 17.3 Å². The van der Waals surface area contributed by atoms with Gasteiger partial charge in [-0.05, 0) is 12.1 Å². The SMILES string of the molecule is CS(=O)(=O)CCC(=O)Nc1ccc(CC(=O)O)nc1. The molecule has 0 atom stereocenters. The standard InChI is InChI=1S/C11H14N2O5S/c1-19(17,18)5-4-10(14)13-9-3-2-8(12-7-9)6-11(15)16/h2-3,7H,4-6H2,1H3,(H,13,14)(H,15,16). The maximum absolute atomic E-state index is 11.4. The summed E-state index contributed by atoms with van der Waals surface area (Å²) in [4.78, 5) is 25.7. The van der Waals surface area contributed by atoms with E-state index >= 15 is 0 Å². The second-order valence-corrected chi connectivity index (χ2v) is 6.30. The molecule has 1 amide bonds. The molecule has 0 unspecified atom stereocenters. The average Bonchev–Trinajstić information content (AvgIpc) is 2.28. The summed E-state index contributed by atoms with van der Waals surface area (Å²) in [5.41, 5.74) is 0.772. The summed E-state index contributed by atoms with van der Waals surface area (Å²) in [7, 11) is -3.17. The molecule has 0 saturated carbocycles. The predicted octanol–water partition coefficient (Wildman–Crippen LogP) is 0.0819. The van der Waals surface area contributed by atoms with Gasteiger partial charge in [0, 0.05) is 12.7 Å². The third-order valence-electron chi connectivity index (χ3n) is 2.14. The van der Waals surface area contributed by atoms with Crippen LogP contribution in [0.3, 0.4) is 0 Å². The number of hydrogen-bond acceptors (Lipinski definition) is 5. The van der Waals surface area contributed by atoms with Crippen LogP contribution >= 0.6 is 0 Å². The van der Waals surface area contributed by atoms with Gasteiger partial charge >= 0.3 is 5.97 Å². The average molecular weight is 286 g/mol. The molecule has 0 radical (unpaired) electrons. The molecule has 1 heterocycles. The summed E-state index contributed by atoms with van der Waals surface area (Å²) in [6.07, 6.45) is 2.07. The highest BCUT2D eigenvalue weighted by atomic mass is 32.2. The molecule has 1 aromatic heterocycles. The van der Waals surface area contributed by atoms with Crippen LogP contribution in [-0.2, 0) is 25.8 Å². The first kappa shape index (κ1) is 15.1. The summed E-state index contributed by atoms with van der Waals surface area (Å²) in [5, 5.41) is 11.0. The number of nitrogens with zero attached hydrogens (tertiary/aromatic N) is 1. The van der Waals surface area contributed by atoms with Crippen molar-refractivity contribution >= 4 is 27.4 Å². The molecular weight excluding hydrogens is 272 g/mol. The number of nitrogens with one attached hydrogen (secondary N) is 1. The number of anilines is 1. The minimum atomic E-state index is -3.17. The van der Waals surface area contributed by atoms with Crippen molar-refractivity contribution in [2.45, 2.75) is 12.8 Å². The highest BCUT2D eigenvalue weighted by molar-refractivity contribution is 7.90. The Bertz CT molecular complexity index is 565. The monoisotopic (exact) mass is 286 g/mol. The second-order valence-electron chi connectivity index (χ2n) is 4.04.